The highest BCUT2D eigenvalue weighted by Crippen LogP contribution is 2.32. The molecule has 1 aromatic carbocycles. The van der Waals surface area contributed by atoms with Gasteiger partial charge < -0.3 is 14.7 Å². The van der Waals surface area contributed by atoms with Crippen molar-refractivity contribution in [3.8, 4) is 0 Å². The summed E-state index contributed by atoms with van der Waals surface area (Å²) in [6, 6.07) is 9.75. The number of nitrogens with zero attached hydrogens (tertiary/aromatic N) is 1. The molecule has 2 rings (SSSR count). The molecule has 0 unspecified atom stereocenters. The van der Waals surface area contributed by atoms with E-state index >= 15 is 0 Å². The number of aliphatic hydroxyl groups excluding tert-OH is 1. The molecule has 4 heteroatoms. The van der Waals surface area contributed by atoms with Gasteiger partial charge in [0.25, 0.3) is 0 Å². The second-order valence-corrected chi connectivity index (χ2v) is 6.65. The predicted octanol–water partition coefficient (Wildman–Crippen LogP) is 3.83. The molecule has 0 bridgehead atoms. The molecule has 1 fully saturated rings. The van der Waals surface area contributed by atoms with Crippen LogP contribution >= 0.6 is 0 Å². The summed E-state index contributed by atoms with van der Waals surface area (Å²) in [5.74, 6) is 1.40. The molecule has 0 spiro atoms. The first-order chi connectivity index (χ1) is 11.2. The van der Waals surface area contributed by atoms with E-state index in [9.17, 15) is 4.79 Å². The van der Waals surface area contributed by atoms with Gasteiger partial charge in [-0.2, -0.15) is 0 Å². The zero-order valence-electron chi connectivity index (χ0n) is 14.1. The fraction of sp³-hybridized carbons (Fsp3) is 0.632. The minimum Gasteiger partial charge on any atom is -0.445 e. The second kappa shape index (κ2) is 9.56. The molecule has 1 N–H and O–H groups in total. The molecule has 4 nitrogen and oxygen atoms in total. The van der Waals surface area contributed by atoms with Crippen molar-refractivity contribution in [3.05, 3.63) is 35.9 Å². The Labute approximate surface area is 139 Å². The summed E-state index contributed by atoms with van der Waals surface area (Å²) < 4.78 is 5.34. The Bertz CT molecular complexity index is 455. The van der Waals surface area contributed by atoms with Crippen LogP contribution in [0.15, 0.2) is 30.3 Å². The molecule has 1 aliphatic rings. The maximum atomic E-state index is 12.0. The van der Waals surface area contributed by atoms with Gasteiger partial charge in [0.15, 0.2) is 0 Å². The van der Waals surface area contributed by atoms with Gasteiger partial charge in [0.05, 0.1) is 0 Å². The molecular formula is C19H29NO3. The van der Waals surface area contributed by atoms with Gasteiger partial charge in [0.2, 0.25) is 0 Å². The molecule has 0 saturated heterocycles. The van der Waals surface area contributed by atoms with Crippen LogP contribution in [0.2, 0.25) is 0 Å². The predicted molar refractivity (Wildman–Crippen MR) is 91.0 cm³/mol. The second-order valence-electron chi connectivity index (χ2n) is 6.65. The summed E-state index contributed by atoms with van der Waals surface area (Å²) in [6.07, 6.45) is 6.61. The van der Waals surface area contributed by atoms with E-state index in [4.69, 9.17) is 9.84 Å². The van der Waals surface area contributed by atoms with Gasteiger partial charge in [-0.25, -0.2) is 4.79 Å². The molecular weight excluding hydrogens is 290 g/mol. The Morgan fingerprint density at radius 3 is 2.35 bits per heavy atom. The first-order valence-electron chi connectivity index (χ1n) is 8.71. The SMILES string of the molecule is CN(CCC1CCC(CCO)CC1)C(=O)OCc1ccccc1. The van der Waals surface area contributed by atoms with Crippen LogP contribution in [0.25, 0.3) is 0 Å². The Hall–Kier alpha value is -1.55. The molecule has 0 aromatic heterocycles. The summed E-state index contributed by atoms with van der Waals surface area (Å²) in [5, 5.41) is 9.00. The van der Waals surface area contributed by atoms with Gasteiger partial charge in [-0.15, -0.1) is 0 Å². The molecule has 0 aliphatic heterocycles. The van der Waals surface area contributed by atoms with E-state index in [1.165, 1.54) is 25.7 Å². The molecule has 1 saturated carbocycles. The first-order valence-corrected chi connectivity index (χ1v) is 8.71. The molecule has 1 aliphatic carbocycles. The number of amides is 1. The van der Waals surface area contributed by atoms with Crippen LogP contribution in [0.4, 0.5) is 4.79 Å². The van der Waals surface area contributed by atoms with Crippen LogP contribution in [0.1, 0.15) is 44.1 Å². The maximum absolute atomic E-state index is 12.0. The maximum Gasteiger partial charge on any atom is 0.409 e. The third kappa shape index (κ3) is 6.22. The lowest BCUT2D eigenvalue weighted by Gasteiger charge is -2.29. The van der Waals surface area contributed by atoms with Crippen LogP contribution in [-0.4, -0.2) is 36.3 Å². The normalized spacial score (nSPS) is 21.0. The zero-order chi connectivity index (χ0) is 16.5. The van der Waals surface area contributed by atoms with Crippen LogP contribution in [0, 0.1) is 11.8 Å². The number of benzene rings is 1. The topological polar surface area (TPSA) is 49.8 Å². The fourth-order valence-electron chi connectivity index (χ4n) is 3.29. The van der Waals surface area contributed by atoms with Gasteiger partial charge in [0.1, 0.15) is 6.61 Å². The number of rotatable bonds is 7. The fourth-order valence-corrected chi connectivity index (χ4v) is 3.29. The number of carbonyl (C=O) groups excluding carboxylic acids is 1. The summed E-state index contributed by atoms with van der Waals surface area (Å²) in [7, 11) is 1.81. The standard InChI is InChI=1S/C19H29NO3/c1-20(19(22)23-15-18-5-3-2-4-6-18)13-11-16-7-9-17(10-8-16)12-14-21/h2-6,16-17,21H,7-15H2,1H3. The van der Waals surface area contributed by atoms with Crippen molar-refractivity contribution in [2.45, 2.75) is 45.1 Å². The highest BCUT2D eigenvalue weighted by atomic mass is 16.6. The average molecular weight is 319 g/mol. The highest BCUT2D eigenvalue weighted by Gasteiger charge is 2.21. The van der Waals surface area contributed by atoms with E-state index in [0.717, 1.165) is 24.9 Å². The Balaban J connectivity index is 1.62. The van der Waals surface area contributed by atoms with Crippen molar-refractivity contribution < 1.29 is 14.6 Å². The van der Waals surface area contributed by atoms with Crippen molar-refractivity contribution in [2.24, 2.45) is 11.8 Å². The van der Waals surface area contributed by atoms with E-state index < -0.39 is 0 Å². The van der Waals surface area contributed by atoms with Crippen LogP contribution < -0.4 is 0 Å². The molecule has 0 radical (unpaired) electrons. The minimum atomic E-state index is -0.247. The Morgan fingerprint density at radius 2 is 1.74 bits per heavy atom. The van der Waals surface area contributed by atoms with Crippen molar-refractivity contribution >= 4 is 6.09 Å². The van der Waals surface area contributed by atoms with Crippen LogP contribution in [0.3, 0.4) is 0 Å². The number of ether oxygens (including phenoxy) is 1. The van der Waals surface area contributed by atoms with Crippen molar-refractivity contribution in [2.75, 3.05) is 20.2 Å². The molecule has 1 aromatic rings. The third-order valence-corrected chi connectivity index (χ3v) is 4.89. The van der Waals surface area contributed by atoms with Gasteiger partial charge in [-0.1, -0.05) is 56.0 Å². The third-order valence-electron chi connectivity index (χ3n) is 4.89. The number of hydrogen-bond donors (Lipinski definition) is 1. The Kier molecular flexibility index (Phi) is 7.40. The van der Waals surface area contributed by atoms with Crippen LogP contribution in [-0.2, 0) is 11.3 Å². The van der Waals surface area contributed by atoms with Crippen molar-refractivity contribution in [1.29, 1.82) is 0 Å². The summed E-state index contributed by atoms with van der Waals surface area (Å²) in [6.45, 7) is 1.39. The quantitative estimate of drug-likeness (QED) is 0.831. The molecule has 1 amide bonds. The van der Waals surface area contributed by atoms with E-state index in [0.29, 0.717) is 25.0 Å². The number of carbonyl (C=O) groups is 1. The lowest BCUT2D eigenvalue weighted by Crippen LogP contribution is -2.30. The monoisotopic (exact) mass is 319 g/mol. The average Bonchev–Trinajstić information content (AvgIpc) is 2.60. The van der Waals surface area contributed by atoms with E-state index in [2.05, 4.69) is 0 Å². The highest BCUT2D eigenvalue weighted by molar-refractivity contribution is 5.67. The minimum absolute atomic E-state index is 0.247. The Morgan fingerprint density at radius 1 is 1.13 bits per heavy atom. The van der Waals surface area contributed by atoms with E-state index in [-0.39, 0.29) is 6.09 Å². The molecule has 0 atom stereocenters. The van der Waals surface area contributed by atoms with Crippen molar-refractivity contribution in [1.82, 2.24) is 4.90 Å². The largest absolute Gasteiger partial charge is 0.445 e. The van der Waals surface area contributed by atoms with Crippen molar-refractivity contribution in [3.63, 3.8) is 0 Å². The van der Waals surface area contributed by atoms with E-state index in [1.807, 2.05) is 37.4 Å². The molecule has 128 valence electrons. The lowest BCUT2D eigenvalue weighted by atomic mass is 9.79. The van der Waals surface area contributed by atoms with Crippen LogP contribution in [0.5, 0.6) is 0 Å². The summed E-state index contributed by atoms with van der Waals surface area (Å²) >= 11 is 0. The first kappa shape index (κ1) is 17.8. The zero-order valence-corrected chi connectivity index (χ0v) is 14.1. The number of aliphatic hydroxyl groups is 1. The molecule has 23 heavy (non-hydrogen) atoms. The van der Waals surface area contributed by atoms with E-state index in [1.54, 1.807) is 4.90 Å². The van der Waals surface area contributed by atoms with Gasteiger partial charge >= 0.3 is 6.09 Å². The van der Waals surface area contributed by atoms with Gasteiger partial charge in [-0.3, -0.25) is 0 Å². The molecule has 0 heterocycles. The smallest absolute Gasteiger partial charge is 0.409 e. The van der Waals surface area contributed by atoms with Gasteiger partial charge in [-0.05, 0) is 30.2 Å². The summed E-state index contributed by atoms with van der Waals surface area (Å²) in [4.78, 5) is 13.7. The lowest BCUT2D eigenvalue weighted by molar-refractivity contribution is 0.101. The van der Waals surface area contributed by atoms with Gasteiger partial charge in [0, 0.05) is 20.2 Å². The summed E-state index contributed by atoms with van der Waals surface area (Å²) in [5.41, 5.74) is 1.01. The number of hydrogen-bond acceptors (Lipinski definition) is 3.